The fourth-order valence-electron chi connectivity index (χ4n) is 3.32. The summed E-state index contributed by atoms with van der Waals surface area (Å²) in [7, 11) is 0. The summed E-state index contributed by atoms with van der Waals surface area (Å²) in [5.41, 5.74) is 0.131. The number of hydrogen-bond acceptors (Lipinski definition) is 6. The molecule has 0 aliphatic carbocycles. The number of rotatable bonds is 4. The number of amides is 1. The van der Waals surface area contributed by atoms with E-state index in [1.54, 1.807) is 29.6 Å². The van der Waals surface area contributed by atoms with Gasteiger partial charge >= 0.3 is 0 Å². The van der Waals surface area contributed by atoms with Gasteiger partial charge in [-0.05, 0) is 24.6 Å². The van der Waals surface area contributed by atoms with E-state index in [4.69, 9.17) is 9.47 Å². The molecule has 7 nitrogen and oxygen atoms in total. The van der Waals surface area contributed by atoms with Crippen molar-refractivity contribution in [3.05, 3.63) is 48.8 Å². The van der Waals surface area contributed by atoms with E-state index in [9.17, 15) is 4.79 Å². The largest absolute Gasteiger partial charge is 0.492 e. The molecule has 0 bridgehead atoms. The maximum atomic E-state index is 12.4. The van der Waals surface area contributed by atoms with Crippen molar-refractivity contribution in [1.82, 2.24) is 19.9 Å². The van der Waals surface area contributed by atoms with Crippen molar-refractivity contribution in [2.75, 3.05) is 26.3 Å². The van der Waals surface area contributed by atoms with E-state index in [0.29, 0.717) is 32.0 Å². The highest BCUT2D eigenvalue weighted by molar-refractivity contribution is 5.92. The number of hydrogen-bond donors (Lipinski definition) is 0. The molecular formula is C17H18N4O3. The molecule has 1 amide bonds. The van der Waals surface area contributed by atoms with Crippen LogP contribution >= 0.6 is 0 Å². The van der Waals surface area contributed by atoms with Crippen molar-refractivity contribution in [3.8, 4) is 5.75 Å². The van der Waals surface area contributed by atoms with Crippen LogP contribution in [0.15, 0.2) is 43.1 Å². The first-order chi connectivity index (χ1) is 11.8. The summed E-state index contributed by atoms with van der Waals surface area (Å²) < 4.78 is 11.8. The van der Waals surface area contributed by atoms with Crippen LogP contribution in [0.1, 0.15) is 16.9 Å². The molecule has 2 aromatic heterocycles. The number of pyridine rings is 1. The molecule has 2 aliphatic heterocycles. The average molecular weight is 326 g/mol. The highest BCUT2D eigenvalue weighted by Crippen LogP contribution is 2.40. The van der Waals surface area contributed by atoms with Gasteiger partial charge in [-0.25, -0.2) is 9.97 Å². The van der Waals surface area contributed by atoms with E-state index in [0.717, 1.165) is 12.2 Å². The third-order valence-electron chi connectivity index (χ3n) is 4.69. The van der Waals surface area contributed by atoms with Gasteiger partial charge in [0.15, 0.2) is 0 Å². The van der Waals surface area contributed by atoms with Gasteiger partial charge in [-0.1, -0.05) is 0 Å². The Hall–Kier alpha value is -2.54. The minimum atomic E-state index is -0.287. The van der Waals surface area contributed by atoms with Crippen molar-refractivity contribution in [2.45, 2.75) is 12.0 Å². The van der Waals surface area contributed by atoms with E-state index in [-0.39, 0.29) is 17.4 Å². The van der Waals surface area contributed by atoms with Crippen LogP contribution in [-0.4, -0.2) is 57.7 Å². The van der Waals surface area contributed by atoms with Gasteiger partial charge in [-0.2, -0.15) is 0 Å². The van der Waals surface area contributed by atoms with E-state index < -0.39 is 0 Å². The Morgan fingerprint density at radius 1 is 1.33 bits per heavy atom. The molecule has 0 saturated carbocycles. The van der Waals surface area contributed by atoms with Gasteiger partial charge in [0.25, 0.3) is 5.91 Å². The molecule has 2 aliphatic rings. The van der Waals surface area contributed by atoms with Gasteiger partial charge in [0.2, 0.25) is 0 Å². The Labute approximate surface area is 139 Å². The predicted octanol–water partition coefficient (Wildman–Crippen LogP) is 1.18. The lowest BCUT2D eigenvalue weighted by molar-refractivity contribution is -0.122. The molecule has 2 fully saturated rings. The second kappa shape index (κ2) is 6.16. The lowest BCUT2D eigenvalue weighted by Gasteiger charge is -2.49. The topological polar surface area (TPSA) is 77.4 Å². The van der Waals surface area contributed by atoms with Gasteiger partial charge in [0.05, 0.1) is 25.9 Å². The summed E-state index contributed by atoms with van der Waals surface area (Å²) in [5.74, 6) is 0.949. The van der Waals surface area contributed by atoms with Crippen LogP contribution < -0.4 is 4.74 Å². The molecule has 7 heteroatoms. The monoisotopic (exact) mass is 326 g/mol. The number of likely N-dealkylation sites (tertiary alicyclic amines) is 1. The second-order valence-electron chi connectivity index (χ2n) is 6.15. The molecule has 124 valence electrons. The van der Waals surface area contributed by atoms with E-state index in [1.165, 1.54) is 6.33 Å². The van der Waals surface area contributed by atoms with Crippen LogP contribution in [0.2, 0.25) is 0 Å². The molecule has 0 unspecified atom stereocenters. The Bertz CT molecular complexity index is 704. The minimum absolute atomic E-state index is 0.0783. The van der Waals surface area contributed by atoms with Gasteiger partial charge in [0, 0.05) is 24.9 Å². The van der Waals surface area contributed by atoms with Crippen molar-refractivity contribution in [1.29, 1.82) is 0 Å². The van der Waals surface area contributed by atoms with Crippen LogP contribution in [0.3, 0.4) is 0 Å². The highest BCUT2D eigenvalue weighted by Gasteiger charge is 2.54. The van der Waals surface area contributed by atoms with Gasteiger partial charge in [0.1, 0.15) is 23.4 Å². The normalized spacial score (nSPS) is 21.5. The molecular weight excluding hydrogens is 308 g/mol. The Balaban J connectivity index is 1.37. The lowest BCUT2D eigenvalue weighted by Crippen LogP contribution is -2.66. The fraction of sp³-hybridized carbons (Fsp3) is 0.412. The molecule has 1 atom stereocenters. The zero-order valence-electron chi connectivity index (χ0n) is 13.2. The van der Waals surface area contributed by atoms with Crippen LogP contribution in [0.4, 0.5) is 0 Å². The maximum Gasteiger partial charge on any atom is 0.272 e. The number of ether oxygens (including phenoxy) is 2. The molecule has 2 saturated heterocycles. The van der Waals surface area contributed by atoms with E-state index >= 15 is 0 Å². The molecule has 1 spiro atoms. The fourth-order valence-corrected chi connectivity index (χ4v) is 3.32. The second-order valence-corrected chi connectivity index (χ2v) is 6.15. The Morgan fingerprint density at radius 3 is 3.00 bits per heavy atom. The van der Waals surface area contributed by atoms with Gasteiger partial charge < -0.3 is 14.4 Å². The van der Waals surface area contributed by atoms with Gasteiger partial charge in [-0.15, -0.1) is 0 Å². The average Bonchev–Trinajstić information content (AvgIpc) is 3.04. The van der Waals surface area contributed by atoms with Crippen molar-refractivity contribution >= 4 is 5.91 Å². The molecule has 0 radical (unpaired) electrons. The van der Waals surface area contributed by atoms with Crippen molar-refractivity contribution in [2.24, 2.45) is 5.92 Å². The van der Waals surface area contributed by atoms with Crippen LogP contribution in [-0.2, 0) is 4.74 Å². The molecule has 24 heavy (non-hydrogen) atoms. The lowest BCUT2D eigenvalue weighted by atomic mass is 9.81. The molecule has 0 N–H and O–H groups in total. The first-order valence-corrected chi connectivity index (χ1v) is 7.99. The summed E-state index contributed by atoms with van der Waals surface area (Å²) in [6.07, 6.45) is 7.32. The summed E-state index contributed by atoms with van der Waals surface area (Å²) >= 11 is 0. The number of carbonyl (C=O) groups excluding carboxylic acids is 1. The summed E-state index contributed by atoms with van der Waals surface area (Å²) in [5, 5.41) is 0. The van der Waals surface area contributed by atoms with E-state index in [2.05, 4.69) is 15.0 Å². The smallest absolute Gasteiger partial charge is 0.272 e. The standard InChI is InChI=1S/C17H18N4O3/c22-16(15-3-6-19-12-20-15)21-10-17(11-21)13(4-7-24-17)9-23-14-2-1-5-18-8-14/h1-3,5-6,8,12-13H,4,7,9-11H2/t13-/m0/s1. The SMILES string of the molecule is O=C(c1ccncn1)N1CC2(C1)OCC[C@H]2COc1cccnc1. The number of nitrogens with zero attached hydrogens (tertiary/aromatic N) is 4. The van der Waals surface area contributed by atoms with Gasteiger partial charge in [-0.3, -0.25) is 9.78 Å². The first kappa shape index (κ1) is 15.0. The van der Waals surface area contributed by atoms with E-state index in [1.807, 2.05) is 12.1 Å². The number of aromatic nitrogens is 3. The summed E-state index contributed by atoms with van der Waals surface area (Å²) in [6, 6.07) is 5.37. The zero-order chi connectivity index (χ0) is 16.4. The summed E-state index contributed by atoms with van der Waals surface area (Å²) in [4.78, 5) is 26.1. The van der Waals surface area contributed by atoms with Crippen molar-refractivity contribution in [3.63, 3.8) is 0 Å². The molecule has 4 heterocycles. The molecule has 2 aromatic rings. The Kier molecular flexibility index (Phi) is 3.86. The Morgan fingerprint density at radius 2 is 2.25 bits per heavy atom. The minimum Gasteiger partial charge on any atom is -0.492 e. The predicted molar refractivity (Wildman–Crippen MR) is 84.5 cm³/mol. The number of carbonyl (C=O) groups is 1. The maximum absolute atomic E-state index is 12.4. The molecule has 4 rings (SSSR count). The van der Waals surface area contributed by atoms with Crippen LogP contribution in [0.5, 0.6) is 5.75 Å². The summed E-state index contributed by atoms with van der Waals surface area (Å²) in [6.45, 7) is 2.44. The third-order valence-corrected chi connectivity index (χ3v) is 4.69. The zero-order valence-corrected chi connectivity index (χ0v) is 13.2. The molecule has 0 aromatic carbocycles. The van der Waals surface area contributed by atoms with Crippen molar-refractivity contribution < 1.29 is 14.3 Å². The van der Waals surface area contributed by atoms with Crippen LogP contribution in [0.25, 0.3) is 0 Å². The first-order valence-electron chi connectivity index (χ1n) is 7.99. The van der Waals surface area contributed by atoms with Crippen LogP contribution in [0, 0.1) is 5.92 Å². The third kappa shape index (κ3) is 2.71. The highest BCUT2D eigenvalue weighted by atomic mass is 16.5. The quantitative estimate of drug-likeness (QED) is 0.840.